The number of nitrogens with zero attached hydrogens (tertiary/aromatic N) is 1. The average molecular weight is 246 g/mol. The smallest absolute Gasteiger partial charge is 0.338 e. The molecular weight excluding hydrogens is 234 g/mol. The van der Waals surface area contributed by atoms with Gasteiger partial charge in [0.2, 0.25) is 0 Å². The van der Waals surface area contributed by atoms with Gasteiger partial charge in [0.1, 0.15) is 11.3 Å². The third-order valence-electron chi connectivity index (χ3n) is 1.92. The summed E-state index contributed by atoms with van der Waals surface area (Å²) in [6, 6.07) is 2.83. The molecule has 0 aromatic carbocycles. The van der Waals surface area contributed by atoms with Crippen molar-refractivity contribution in [1.29, 1.82) is 0 Å². The van der Waals surface area contributed by atoms with Gasteiger partial charge in [-0.1, -0.05) is 11.6 Å². The van der Waals surface area contributed by atoms with E-state index in [0.717, 1.165) is 0 Å². The second-order valence-electron chi connectivity index (χ2n) is 3.05. The topological polar surface area (TPSA) is 79.7 Å². The Morgan fingerprint density at radius 1 is 1.62 bits per heavy atom. The number of aliphatic hydroxyl groups is 2. The monoisotopic (exact) mass is 245 g/mol. The number of esters is 1. The second-order valence-corrected chi connectivity index (χ2v) is 3.44. The first-order valence-electron chi connectivity index (χ1n) is 4.70. The lowest BCUT2D eigenvalue weighted by Crippen LogP contribution is -2.29. The highest BCUT2D eigenvalue weighted by Crippen LogP contribution is 2.19. The van der Waals surface area contributed by atoms with Crippen LogP contribution in [0.25, 0.3) is 0 Å². The van der Waals surface area contributed by atoms with Crippen LogP contribution in [-0.4, -0.2) is 33.9 Å². The molecule has 0 fully saturated rings. The van der Waals surface area contributed by atoms with E-state index in [9.17, 15) is 15.0 Å². The number of carbonyl (C=O) groups excluding carboxylic acids is 1. The largest absolute Gasteiger partial charge is 0.464 e. The number of carbonyl (C=O) groups is 1. The van der Waals surface area contributed by atoms with Gasteiger partial charge in [-0.3, -0.25) is 0 Å². The molecule has 0 saturated heterocycles. The number of pyridine rings is 1. The van der Waals surface area contributed by atoms with E-state index in [1.807, 2.05) is 0 Å². The van der Waals surface area contributed by atoms with E-state index in [2.05, 4.69) is 9.72 Å². The highest BCUT2D eigenvalue weighted by molar-refractivity contribution is 6.29. The SMILES string of the molecule is CCOC(=O)C(O)C(O)c1ccnc(Cl)c1. The standard InChI is InChI=1S/C10H12ClNO4/c1-2-16-10(15)9(14)8(13)6-3-4-12-7(11)5-6/h3-5,8-9,13-14H,2H2,1H3. The fraction of sp³-hybridized carbons (Fsp3) is 0.400. The second kappa shape index (κ2) is 5.79. The molecule has 0 amide bonds. The van der Waals surface area contributed by atoms with Crippen LogP contribution in [0.3, 0.4) is 0 Å². The summed E-state index contributed by atoms with van der Waals surface area (Å²) in [6.07, 6.45) is -1.63. The van der Waals surface area contributed by atoms with Crippen molar-refractivity contribution in [3.8, 4) is 0 Å². The number of hydrogen-bond acceptors (Lipinski definition) is 5. The van der Waals surface area contributed by atoms with Crippen LogP contribution in [0, 0.1) is 0 Å². The Kier molecular flexibility index (Phi) is 4.67. The van der Waals surface area contributed by atoms with Crippen LogP contribution < -0.4 is 0 Å². The van der Waals surface area contributed by atoms with Gasteiger partial charge in [0.15, 0.2) is 6.10 Å². The number of hydrogen-bond donors (Lipinski definition) is 2. The van der Waals surface area contributed by atoms with E-state index in [1.54, 1.807) is 6.92 Å². The molecule has 0 spiro atoms. The zero-order chi connectivity index (χ0) is 12.1. The summed E-state index contributed by atoms with van der Waals surface area (Å²) >= 11 is 5.61. The molecule has 6 heteroatoms. The van der Waals surface area contributed by atoms with Gasteiger partial charge >= 0.3 is 5.97 Å². The number of ether oxygens (including phenoxy) is 1. The summed E-state index contributed by atoms with van der Waals surface area (Å²) in [5.74, 6) is -0.872. The highest BCUT2D eigenvalue weighted by Gasteiger charge is 2.26. The van der Waals surface area contributed by atoms with Crippen molar-refractivity contribution < 1.29 is 19.7 Å². The van der Waals surface area contributed by atoms with Crippen LogP contribution in [-0.2, 0) is 9.53 Å². The first-order valence-corrected chi connectivity index (χ1v) is 5.08. The minimum atomic E-state index is -1.63. The van der Waals surface area contributed by atoms with E-state index in [-0.39, 0.29) is 11.8 Å². The lowest BCUT2D eigenvalue weighted by Gasteiger charge is -2.16. The van der Waals surface area contributed by atoms with Crippen molar-refractivity contribution >= 4 is 17.6 Å². The molecule has 88 valence electrons. The molecule has 0 saturated carbocycles. The van der Waals surface area contributed by atoms with E-state index >= 15 is 0 Å². The van der Waals surface area contributed by atoms with Gasteiger partial charge < -0.3 is 14.9 Å². The third-order valence-corrected chi connectivity index (χ3v) is 2.13. The highest BCUT2D eigenvalue weighted by atomic mass is 35.5. The molecule has 0 radical (unpaired) electrons. The van der Waals surface area contributed by atoms with E-state index in [1.165, 1.54) is 18.3 Å². The van der Waals surface area contributed by atoms with Gasteiger partial charge in [-0.15, -0.1) is 0 Å². The minimum Gasteiger partial charge on any atom is -0.464 e. The van der Waals surface area contributed by atoms with Crippen LogP contribution in [0.1, 0.15) is 18.6 Å². The lowest BCUT2D eigenvalue weighted by molar-refractivity contribution is -0.159. The first kappa shape index (κ1) is 12.9. The first-order chi connectivity index (χ1) is 7.56. The van der Waals surface area contributed by atoms with Crippen molar-refractivity contribution in [1.82, 2.24) is 4.98 Å². The molecule has 16 heavy (non-hydrogen) atoms. The van der Waals surface area contributed by atoms with Gasteiger partial charge in [-0.05, 0) is 24.6 Å². The van der Waals surface area contributed by atoms with Crippen LogP contribution >= 0.6 is 11.6 Å². The fourth-order valence-electron chi connectivity index (χ4n) is 1.14. The lowest BCUT2D eigenvalue weighted by atomic mass is 10.1. The maximum absolute atomic E-state index is 11.2. The summed E-state index contributed by atoms with van der Waals surface area (Å²) < 4.78 is 4.58. The summed E-state index contributed by atoms with van der Waals surface area (Å²) in [5.41, 5.74) is 0.306. The average Bonchev–Trinajstić information content (AvgIpc) is 2.27. The van der Waals surface area contributed by atoms with Gasteiger partial charge in [-0.2, -0.15) is 0 Å². The van der Waals surface area contributed by atoms with Crippen LogP contribution in [0.4, 0.5) is 0 Å². The van der Waals surface area contributed by atoms with Crippen LogP contribution in [0.5, 0.6) is 0 Å². The third kappa shape index (κ3) is 3.16. The van der Waals surface area contributed by atoms with Crippen molar-refractivity contribution in [3.05, 3.63) is 29.0 Å². The Labute approximate surface area is 97.6 Å². The number of rotatable bonds is 4. The quantitative estimate of drug-likeness (QED) is 0.603. The summed E-state index contributed by atoms with van der Waals surface area (Å²) in [5, 5.41) is 19.3. The maximum Gasteiger partial charge on any atom is 0.338 e. The molecule has 1 heterocycles. The molecule has 0 aliphatic heterocycles. The molecule has 1 aromatic rings. The summed E-state index contributed by atoms with van der Waals surface area (Å²) in [4.78, 5) is 14.9. The fourth-order valence-corrected chi connectivity index (χ4v) is 1.32. The Morgan fingerprint density at radius 3 is 2.88 bits per heavy atom. The zero-order valence-electron chi connectivity index (χ0n) is 8.63. The predicted molar refractivity (Wildman–Crippen MR) is 56.8 cm³/mol. The van der Waals surface area contributed by atoms with Gasteiger partial charge in [0.05, 0.1) is 6.61 Å². The number of halogens is 1. The van der Waals surface area contributed by atoms with Crippen molar-refractivity contribution in [2.75, 3.05) is 6.61 Å². The van der Waals surface area contributed by atoms with Crippen LogP contribution in [0.15, 0.2) is 18.3 Å². The Balaban J connectivity index is 2.77. The van der Waals surface area contributed by atoms with E-state index in [0.29, 0.717) is 5.56 Å². The molecule has 2 unspecified atom stereocenters. The Bertz CT molecular complexity index is 372. The van der Waals surface area contributed by atoms with Crippen molar-refractivity contribution in [2.45, 2.75) is 19.1 Å². The molecule has 1 rings (SSSR count). The Morgan fingerprint density at radius 2 is 2.31 bits per heavy atom. The van der Waals surface area contributed by atoms with Gasteiger partial charge in [-0.25, -0.2) is 9.78 Å². The zero-order valence-corrected chi connectivity index (χ0v) is 9.39. The van der Waals surface area contributed by atoms with Gasteiger partial charge in [0.25, 0.3) is 0 Å². The molecular formula is C10H12ClNO4. The molecule has 2 atom stereocenters. The normalized spacial score (nSPS) is 14.2. The number of aromatic nitrogens is 1. The van der Waals surface area contributed by atoms with Gasteiger partial charge in [0, 0.05) is 6.20 Å². The molecule has 0 aliphatic carbocycles. The minimum absolute atomic E-state index is 0.139. The maximum atomic E-state index is 11.2. The Hall–Kier alpha value is -1.17. The molecule has 0 aliphatic rings. The molecule has 1 aromatic heterocycles. The van der Waals surface area contributed by atoms with E-state index < -0.39 is 18.2 Å². The molecule has 2 N–H and O–H groups in total. The predicted octanol–water partition coefficient (Wildman–Crippen LogP) is 0.692. The van der Waals surface area contributed by atoms with Crippen LogP contribution in [0.2, 0.25) is 5.15 Å². The molecule has 5 nitrogen and oxygen atoms in total. The van der Waals surface area contributed by atoms with Crippen molar-refractivity contribution in [3.63, 3.8) is 0 Å². The van der Waals surface area contributed by atoms with Crippen molar-refractivity contribution in [2.24, 2.45) is 0 Å². The summed E-state index contributed by atoms with van der Waals surface area (Å²) in [7, 11) is 0. The molecule has 0 bridgehead atoms. The summed E-state index contributed by atoms with van der Waals surface area (Å²) in [6.45, 7) is 1.75. The van der Waals surface area contributed by atoms with E-state index in [4.69, 9.17) is 11.6 Å². The number of aliphatic hydroxyl groups excluding tert-OH is 2.